The maximum atomic E-state index is 13.1. The fraction of sp³-hybridized carbons (Fsp3) is 0.278. The molecule has 2 aromatic heterocycles. The molecule has 0 fully saturated rings. The van der Waals surface area contributed by atoms with Crippen LogP contribution < -0.4 is 16.4 Å². The average molecular weight is 373 g/mol. The summed E-state index contributed by atoms with van der Waals surface area (Å²) in [5.74, 6) is -1.88. The minimum atomic E-state index is -1.50. The van der Waals surface area contributed by atoms with Crippen LogP contribution in [0.2, 0.25) is 0 Å². The van der Waals surface area contributed by atoms with Gasteiger partial charge in [-0.15, -0.1) is 11.3 Å². The van der Waals surface area contributed by atoms with Crippen molar-refractivity contribution in [1.82, 2.24) is 9.13 Å². The topological polar surface area (TPSA) is 84.1 Å². The molecule has 0 bridgehead atoms. The number of fused-ring (bicyclic) bond motifs is 3. The molecular weight excluding hydrogens is 359 g/mol. The molecule has 134 valence electrons. The highest BCUT2D eigenvalue weighted by molar-refractivity contribution is 7.18. The summed E-state index contributed by atoms with van der Waals surface area (Å²) in [5, 5.41) is 11.5. The second-order valence-corrected chi connectivity index (χ2v) is 7.38. The summed E-state index contributed by atoms with van der Waals surface area (Å²) in [6.07, 6.45) is 2.53. The number of carbonyl (C=O) groups is 1. The van der Waals surface area contributed by atoms with Crippen LogP contribution >= 0.6 is 11.3 Å². The van der Waals surface area contributed by atoms with Gasteiger partial charge in [0.2, 0.25) is 0 Å². The van der Waals surface area contributed by atoms with Gasteiger partial charge in [-0.1, -0.05) is 12.1 Å². The maximum absolute atomic E-state index is 13.1. The summed E-state index contributed by atoms with van der Waals surface area (Å²) < 4.78 is 15.3. The fourth-order valence-corrected chi connectivity index (χ4v) is 4.81. The van der Waals surface area contributed by atoms with Crippen molar-refractivity contribution in [2.24, 2.45) is 0 Å². The number of aryl methyl sites for hydroxylation is 2. The Kier molecular flexibility index (Phi) is 3.99. The molecule has 26 heavy (non-hydrogen) atoms. The van der Waals surface area contributed by atoms with Gasteiger partial charge in [0.15, 0.2) is 0 Å². The third-order valence-corrected chi connectivity index (χ3v) is 5.92. The number of halogens is 1. The first kappa shape index (κ1) is 16.7. The standard InChI is InChI=1S/C18H15FN2O4S/c19-11-6-4-10(5-7-11)8-21-17-15(12-2-1-3-13(12)26-17)16(24)20(18(21)25)9-14(22)23/h4-7H,1-3,8-9H2,(H,22,23)/p-1. The van der Waals surface area contributed by atoms with Gasteiger partial charge in [0, 0.05) is 4.88 Å². The van der Waals surface area contributed by atoms with Gasteiger partial charge in [-0.2, -0.15) is 0 Å². The van der Waals surface area contributed by atoms with Gasteiger partial charge in [-0.3, -0.25) is 13.9 Å². The Labute approximate surface area is 150 Å². The van der Waals surface area contributed by atoms with Crippen LogP contribution in [0.4, 0.5) is 4.39 Å². The van der Waals surface area contributed by atoms with E-state index in [0.717, 1.165) is 29.7 Å². The predicted molar refractivity (Wildman–Crippen MR) is 92.9 cm³/mol. The summed E-state index contributed by atoms with van der Waals surface area (Å²) in [5.41, 5.74) is 0.317. The highest BCUT2D eigenvalue weighted by Gasteiger charge is 2.24. The minimum Gasteiger partial charge on any atom is -0.548 e. The number of carboxylic acids is 1. The van der Waals surface area contributed by atoms with Crippen LogP contribution in [0, 0.1) is 5.82 Å². The van der Waals surface area contributed by atoms with E-state index >= 15 is 0 Å². The highest BCUT2D eigenvalue weighted by atomic mass is 32.1. The van der Waals surface area contributed by atoms with E-state index in [1.165, 1.54) is 28.0 Å². The van der Waals surface area contributed by atoms with E-state index in [1.807, 2.05) is 0 Å². The van der Waals surface area contributed by atoms with Crippen LogP contribution in [0.3, 0.4) is 0 Å². The van der Waals surface area contributed by atoms with E-state index in [-0.39, 0.29) is 12.4 Å². The quantitative estimate of drug-likeness (QED) is 0.672. The van der Waals surface area contributed by atoms with Gasteiger partial charge in [0.1, 0.15) is 10.6 Å². The molecule has 0 N–H and O–H groups in total. The number of rotatable bonds is 4. The van der Waals surface area contributed by atoms with E-state index in [9.17, 15) is 23.9 Å². The van der Waals surface area contributed by atoms with Crippen molar-refractivity contribution < 1.29 is 14.3 Å². The molecule has 0 atom stereocenters. The molecule has 0 radical (unpaired) electrons. The number of aromatic nitrogens is 2. The SMILES string of the molecule is O=C([O-])Cn1c(=O)c2c3c(sc2n(Cc2ccc(F)cc2)c1=O)CCC3. The highest BCUT2D eigenvalue weighted by Crippen LogP contribution is 2.35. The molecule has 0 amide bonds. The summed E-state index contributed by atoms with van der Waals surface area (Å²) in [6.45, 7) is -0.663. The van der Waals surface area contributed by atoms with Gasteiger partial charge in [-0.25, -0.2) is 9.18 Å². The zero-order valence-corrected chi connectivity index (χ0v) is 14.5. The van der Waals surface area contributed by atoms with Crippen molar-refractivity contribution in [2.45, 2.75) is 32.4 Å². The first-order valence-corrected chi connectivity index (χ1v) is 8.99. The molecule has 4 rings (SSSR count). The molecule has 0 saturated carbocycles. The van der Waals surface area contributed by atoms with Crippen LogP contribution in [0.15, 0.2) is 33.9 Å². The average Bonchev–Trinajstić information content (AvgIpc) is 3.18. The third-order valence-electron chi connectivity index (χ3n) is 4.61. The molecule has 8 heteroatoms. The van der Waals surface area contributed by atoms with Crippen LogP contribution in [-0.4, -0.2) is 15.1 Å². The molecule has 0 saturated heterocycles. The van der Waals surface area contributed by atoms with E-state index in [0.29, 0.717) is 20.3 Å². The lowest BCUT2D eigenvalue weighted by atomic mass is 10.2. The fourth-order valence-electron chi connectivity index (χ4n) is 3.44. The molecule has 0 aliphatic heterocycles. The second kappa shape index (κ2) is 6.21. The normalized spacial score (nSPS) is 13.3. The summed E-state index contributed by atoms with van der Waals surface area (Å²) in [4.78, 5) is 38.2. The second-order valence-electron chi connectivity index (χ2n) is 6.30. The molecular formula is C18H14FN2O4S-. The molecule has 1 aliphatic carbocycles. The van der Waals surface area contributed by atoms with Crippen molar-refractivity contribution in [1.29, 1.82) is 0 Å². The Bertz CT molecular complexity index is 1140. The van der Waals surface area contributed by atoms with Gasteiger partial charge in [0.05, 0.1) is 24.4 Å². The Morgan fingerprint density at radius 3 is 2.58 bits per heavy atom. The van der Waals surface area contributed by atoms with Crippen molar-refractivity contribution in [3.63, 3.8) is 0 Å². The summed E-state index contributed by atoms with van der Waals surface area (Å²) >= 11 is 1.40. The number of nitrogens with zero attached hydrogens (tertiary/aromatic N) is 2. The molecule has 6 nitrogen and oxygen atoms in total. The van der Waals surface area contributed by atoms with Gasteiger partial charge in [-0.05, 0) is 42.5 Å². The van der Waals surface area contributed by atoms with Crippen LogP contribution in [0.25, 0.3) is 10.2 Å². The van der Waals surface area contributed by atoms with Crippen LogP contribution in [-0.2, 0) is 30.7 Å². The van der Waals surface area contributed by atoms with Crippen LogP contribution in [0.1, 0.15) is 22.4 Å². The minimum absolute atomic E-state index is 0.127. The number of carboxylic acid groups (broad SMARTS) is 1. The Hall–Kier alpha value is -2.74. The summed E-state index contributed by atoms with van der Waals surface area (Å²) in [7, 11) is 0. The molecule has 0 unspecified atom stereocenters. The van der Waals surface area contributed by atoms with Crippen molar-refractivity contribution in [2.75, 3.05) is 0 Å². The lowest BCUT2D eigenvalue weighted by molar-refractivity contribution is -0.306. The number of aliphatic carboxylic acids is 1. The molecule has 2 heterocycles. The number of benzene rings is 1. The Morgan fingerprint density at radius 1 is 1.15 bits per heavy atom. The first-order chi connectivity index (χ1) is 12.5. The number of hydrogen-bond donors (Lipinski definition) is 0. The first-order valence-electron chi connectivity index (χ1n) is 8.18. The predicted octanol–water partition coefficient (Wildman–Crippen LogP) is 0.651. The Morgan fingerprint density at radius 2 is 1.88 bits per heavy atom. The van der Waals surface area contributed by atoms with E-state index in [2.05, 4.69) is 0 Å². The zero-order chi connectivity index (χ0) is 18.4. The maximum Gasteiger partial charge on any atom is 0.332 e. The van der Waals surface area contributed by atoms with Crippen molar-refractivity contribution >= 4 is 27.5 Å². The number of hydrogen-bond acceptors (Lipinski definition) is 5. The lowest BCUT2D eigenvalue weighted by Crippen LogP contribution is -2.44. The zero-order valence-electron chi connectivity index (χ0n) is 13.7. The van der Waals surface area contributed by atoms with Crippen molar-refractivity contribution in [3.8, 4) is 0 Å². The van der Waals surface area contributed by atoms with Crippen molar-refractivity contribution in [3.05, 3.63) is 66.9 Å². The van der Waals surface area contributed by atoms with Crippen LogP contribution in [0.5, 0.6) is 0 Å². The monoisotopic (exact) mass is 373 g/mol. The van der Waals surface area contributed by atoms with Gasteiger partial charge < -0.3 is 9.90 Å². The van der Waals surface area contributed by atoms with E-state index in [4.69, 9.17) is 0 Å². The molecule has 3 aromatic rings. The smallest absolute Gasteiger partial charge is 0.332 e. The largest absolute Gasteiger partial charge is 0.548 e. The van der Waals surface area contributed by atoms with Gasteiger partial charge in [0.25, 0.3) is 5.56 Å². The molecule has 1 aliphatic rings. The Balaban J connectivity index is 1.98. The molecule has 1 aromatic carbocycles. The van der Waals surface area contributed by atoms with Gasteiger partial charge >= 0.3 is 5.69 Å². The van der Waals surface area contributed by atoms with E-state index < -0.39 is 23.8 Å². The lowest BCUT2D eigenvalue weighted by Gasteiger charge is -2.13. The van der Waals surface area contributed by atoms with E-state index in [1.54, 1.807) is 12.1 Å². The number of thiophene rings is 1. The summed E-state index contributed by atoms with van der Waals surface area (Å²) in [6, 6.07) is 5.71. The molecule has 0 spiro atoms. The third kappa shape index (κ3) is 2.66. The number of carbonyl (C=O) groups excluding carboxylic acids is 1.